The average Bonchev–Trinajstić information content (AvgIpc) is 3.23. The maximum Gasteiger partial charge on any atom is 0.191 e. The van der Waals surface area contributed by atoms with Crippen molar-refractivity contribution in [3.63, 3.8) is 0 Å². The van der Waals surface area contributed by atoms with Crippen LogP contribution in [0.3, 0.4) is 0 Å². The summed E-state index contributed by atoms with van der Waals surface area (Å²) in [5.41, 5.74) is 1.04. The molecule has 1 saturated heterocycles. The number of thiazole rings is 1. The summed E-state index contributed by atoms with van der Waals surface area (Å²) in [5.74, 6) is 0.836. The van der Waals surface area contributed by atoms with Crippen LogP contribution in [-0.2, 0) is 22.4 Å². The fourth-order valence-electron chi connectivity index (χ4n) is 2.26. The Kier molecular flexibility index (Phi) is 11.6. The molecule has 1 atom stereocenters. The second-order valence-electron chi connectivity index (χ2n) is 5.42. The molecule has 1 fully saturated rings. The smallest absolute Gasteiger partial charge is 0.191 e. The highest BCUT2D eigenvalue weighted by Crippen LogP contribution is 2.11. The van der Waals surface area contributed by atoms with Crippen molar-refractivity contribution >= 4 is 41.3 Å². The molecule has 0 saturated carbocycles. The van der Waals surface area contributed by atoms with Gasteiger partial charge in [-0.1, -0.05) is 6.92 Å². The van der Waals surface area contributed by atoms with Crippen molar-refractivity contribution < 1.29 is 9.47 Å². The molecule has 0 aliphatic carbocycles. The molecule has 1 aliphatic heterocycles. The van der Waals surface area contributed by atoms with Crippen molar-refractivity contribution in [2.45, 2.75) is 45.8 Å². The molecule has 1 aromatic rings. The predicted molar refractivity (Wildman–Crippen MR) is 110 cm³/mol. The van der Waals surface area contributed by atoms with Gasteiger partial charge >= 0.3 is 0 Å². The summed E-state index contributed by atoms with van der Waals surface area (Å²) in [6.07, 6.45) is 3.25. The van der Waals surface area contributed by atoms with E-state index in [1.807, 2.05) is 0 Å². The molecule has 0 spiro atoms. The lowest BCUT2D eigenvalue weighted by Crippen LogP contribution is -2.38. The van der Waals surface area contributed by atoms with E-state index >= 15 is 0 Å². The molecular weight excluding hydrogens is 439 g/mol. The van der Waals surface area contributed by atoms with E-state index in [-0.39, 0.29) is 30.1 Å². The number of nitrogens with zero attached hydrogens (tertiary/aromatic N) is 2. The molecule has 1 unspecified atom stereocenters. The maximum atomic E-state index is 5.76. The van der Waals surface area contributed by atoms with Gasteiger partial charge in [0.1, 0.15) is 0 Å². The zero-order valence-electron chi connectivity index (χ0n) is 14.5. The van der Waals surface area contributed by atoms with E-state index in [2.05, 4.69) is 39.8 Å². The number of hydrogen-bond donors (Lipinski definition) is 2. The largest absolute Gasteiger partial charge is 0.379 e. The summed E-state index contributed by atoms with van der Waals surface area (Å²) in [5, 5.41) is 9.85. The number of aliphatic imine (C=N–C) groups is 1. The van der Waals surface area contributed by atoms with Gasteiger partial charge in [-0.2, -0.15) is 0 Å². The number of hydrogen-bond acceptors (Lipinski definition) is 5. The number of aromatic nitrogens is 1. The quantitative estimate of drug-likeness (QED) is 0.253. The van der Waals surface area contributed by atoms with Gasteiger partial charge in [0.2, 0.25) is 0 Å². The van der Waals surface area contributed by atoms with Crippen molar-refractivity contribution in [1.82, 2.24) is 15.6 Å². The van der Waals surface area contributed by atoms with Crippen LogP contribution in [0.5, 0.6) is 0 Å². The van der Waals surface area contributed by atoms with E-state index in [4.69, 9.17) is 9.47 Å². The third-order valence-electron chi connectivity index (χ3n) is 3.50. The summed E-state index contributed by atoms with van der Waals surface area (Å²) in [4.78, 5) is 9.12. The summed E-state index contributed by atoms with van der Waals surface area (Å²) >= 11 is 1.70. The van der Waals surface area contributed by atoms with E-state index in [9.17, 15) is 0 Å². The number of ether oxygens (including phenoxy) is 2. The fourth-order valence-corrected chi connectivity index (χ4v) is 2.99. The van der Waals surface area contributed by atoms with Crippen molar-refractivity contribution in [3.8, 4) is 0 Å². The van der Waals surface area contributed by atoms with Gasteiger partial charge in [-0.25, -0.2) is 9.98 Å². The molecule has 0 aromatic carbocycles. The first-order chi connectivity index (χ1) is 11.3. The monoisotopic (exact) mass is 468 g/mol. The second kappa shape index (κ2) is 12.8. The summed E-state index contributed by atoms with van der Waals surface area (Å²) in [6, 6.07) is 0. The Balaban J connectivity index is 0.00000288. The summed E-state index contributed by atoms with van der Waals surface area (Å²) in [7, 11) is 0. The van der Waals surface area contributed by atoms with Gasteiger partial charge < -0.3 is 20.1 Å². The lowest BCUT2D eigenvalue weighted by atomic mass is 10.3. The minimum Gasteiger partial charge on any atom is -0.379 e. The normalized spacial score (nSPS) is 17.6. The highest BCUT2D eigenvalue weighted by Gasteiger charge is 2.15. The molecule has 0 radical (unpaired) electrons. The van der Waals surface area contributed by atoms with E-state index < -0.39 is 0 Å². The van der Waals surface area contributed by atoms with Gasteiger partial charge in [-0.15, -0.1) is 35.3 Å². The van der Waals surface area contributed by atoms with Crippen molar-refractivity contribution in [3.05, 3.63) is 16.1 Å². The molecule has 8 heteroatoms. The molecule has 24 heavy (non-hydrogen) atoms. The van der Waals surface area contributed by atoms with E-state index in [1.54, 1.807) is 11.3 Å². The van der Waals surface area contributed by atoms with Gasteiger partial charge in [-0.05, 0) is 26.2 Å². The Bertz CT molecular complexity index is 478. The SMILES string of the molecule is CCNC(=NCc1csc(CC)n1)NCCCOC1CCOC1.I. The first-order valence-corrected chi connectivity index (χ1v) is 9.34. The topological polar surface area (TPSA) is 67.8 Å². The van der Waals surface area contributed by atoms with Crippen molar-refractivity contribution in [2.75, 3.05) is 32.9 Å². The number of rotatable bonds is 9. The fraction of sp³-hybridized carbons (Fsp3) is 0.750. The first-order valence-electron chi connectivity index (χ1n) is 8.46. The average molecular weight is 468 g/mol. The zero-order chi connectivity index (χ0) is 16.3. The highest BCUT2D eigenvalue weighted by molar-refractivity contribution is 14.0. The van der Waals surface area contributed by atoms with Gasteiger partial charge in [0.25, 0.3) is 0 Å². The molecule has 2 rings (SSSR count). The maximum absolute atomic E-state index is 5.76. The molecule has 2 heterocycles. The summed E-state index contributed by atoms with van der Waals surface area (Å²) < 4.78 is 11.0. The van der Waals surface area contributed by atoms with Crippen LogP contribution in [0.15, 0.2) is 10.4 Å². The second-order valence-corrected chi connectivity index (χ2v) is 6.36. The predicted octanol–water partition coefficient (Wildman–Crippen LogP) is 2.57. The van der Waals surface area contributed by atoms with Crippen LogP contribution in [-0.4, -0.2) is 50.0 Å². The van der Waals surface area contributed by atoms with Gasteiger partial charge in [0.15, 0.2) is 5.96 Å². The Morgan fingerprint density at radius 1 is 1.46 bits per heavy atom. The molecule has 0 bridgehead atoms. The number of nitrogens with one attached hydrogen (secondary N) is 2. The Morgan fingerprint density at radius 2 is 2.33 bits per heavy atom. The van der Waals surface area contributed by atoms with Crippen LogP contribution < -0.4 is 10.6 Å². The highest BCUT2D eigenvalue weighted by atomic mass is 127. The van der Waals surface area contributed by atoms with E-state index in [0.29, 0.717) is 6.54 Å². The third-order valence-corrected chi connectivity index (χ3v) is 4.54. The molecule has 1 aromatic heterocycles. The van der Waals surface area contributed by atoms with Crippen LogP contribution in [0, 0.1) is 0 Å². The minimum absolute atomic E-state index is 0. The molecular formula is C16H29IN4O2S. The van der Waals surface area contributed by atoms with Crippen molar-refractivity contribution in [2.24, 2.45) is 4.99 Å². The van der Waals surface area contributed by atoms with Crippen LogP contribution in [0.2, 0.25) is 0 Å². The van der Waals surface area contributed by atoms with Crippen molar-refractivity contribution in [1.29, 1.82) is 0 Å². The minimum atomic E-state index is 0. The standard InChI is InChI=1S/C16H28N4O2S.HI/c1-3-15-20-13(12-23-15)10-19-16(17-4-2)18-7-5-8-22-14-6-9-21-11-14;/h12,14H,3-11H2,1-2H3,(H2,17,18,19);1H. The summed E-state index contributed by atoms with van der Waals surface area (Å²) in [6.45, 7) is 8.82. The molecule has 2 N–H and O–H groups in total. The van der Waals surface area contributed by atoms with Crippen LogP contribution in [0.25, 0.3) is 0 Å². The number of guanidine groups is 1. The van der Waals surface area contributed by atoms with Gasteiger partial charge in [0.05, 0.1) is 30.0 Å². The van der Waals surface area contributed by atoms with Gasteiger partial charge in [0, 0.05) is 31.7 Å². The molecule has 138 valence electrons. The number of halogens is 1. The van der Waals surface area contributed by atoms with Crippen LogP contribution in [0.1, 0.15) is 37.4 Å². The van der Waals surface area contributed by atoms with Gasteiger partial charge in [-0.3, -0.25) is 0 Å². The molecule has 0 amide bonds. The first kappa shape index (κ1) is 21.6. The Hall–Kier alpha value is -0.450. The zero-order valence-corrected chi connectivity index (χ0v) is 17.7. The molecule has 6 nitrogen and oxygen atoms in total. The van der Waals surface area contributed by atoms with E-state index in [1.165, 1.54) is 5.01 Å². The molecule has 1 aliphatic rings. The van der Waals surface area contributed by atoms with Crippen LogP contribution >= 0.6 is 35.3 Å². The van der Waals surface area contributed by atoms with E-state index in [0.717, 1.165) is 63.8 Å². The van der Waals surface area contributed by atoms with Crippen LogP contribution in [0.4, 0.5) is 0 Å². The third kappa shape index (κ3) is 8.09. The lowest BCUT2D eigenvalue weighted by Gasteiger charge is -2.12. The Morgan fingerprint density at radius 3 is 3.00 bits per heavy atom. The number of aryl methyl sites for hydroxylation is 1. The lowest BCUT2D eigenvalue weighted by molar-refractivity contribution is 0.0420. The Labute approximate surface area is 165 Å².